The second-order valence-corrected chi connectivity index (χ2v) is 26.5. The number of rotatable bonds is 16. The van der Waals surface area contributed by atoms with E-state index in [0.29, 0.717) is 18.5 Å². The number of hydrogen-bond acceptors (Lipinski definition) is 46. The molecule has 30 fully saturated rings. The van der Waals surface area contributed by atoms with Crippen LogP contribution in [0.15, 0.2) is 16.8 Å². The van der Waals surface area contributed by atoms with Crippen molar-refractivity contribution in [2.75, 3.05) is 71.2 Å². The zero-order chi connectivity index (χ0) is 75.7. The Hall–Kier alpha value is -3.78. The highest BCUT2D eigenvalue weighted by Crippen LogP contribution is 2.40. The Morgan fingerprint density at radius 2 is 0.543 bits per heavy atom. The minimum atomic E-state index is -2.27. The van der Waals surface area contributed by atoms with Crippen LogP contribution in [0.4, 0.5) is 11.4 Å². The van der Waals surface area contributed by atoms with E-state index in [2.05, 4.69) is 20.9 Å². The average Bonchev–Trinajstić information content (AvgIpc) is 1.51. The van der Waals surface area contributed by atoms with Gasteiger partial charge in [0.05, 0.1) is 56.9 Å². The van der Waals surface area contributed by atoms with Crippen molar-refractivity contribution in [3.8, 4) is 0 Å². The van der Waals surface area contributed by atoms with Crippen molar-refractivity contribution in [1.82, 2.24) is 15.6 Å². The van der Waals surface area contributed by atoms with Gasteiger partial charge in [-0.2, -0.15) is 0 Å². The van der Waals surface area contributed by atoms with E-state index in [0.717, 1.165) is 0 Å². The van der Waals surface area contributed by atoms with Crippen molar-refractivity contribution in [2.24, 2.45) is 0 Å². The molecule has 2 aromatic rings. The van der Waals surface area contributed by atoms with Crippen molar-refractivity contribution >= 4 is 22.4 Å². The number of aliphatic hydroxyl groups excluding tert-OH is 23. The fourth-order valence-electron chi connectivity index (χ4n) is 13.9. The number of ether oxygens (including phenoxy) is 16. The van der Waals surface area contributed by atoms with E-state index in [-0.39, 0.29) is 36.4 Å². The molecule has 30 aliphatic rings. The van der Waals surface area contributed by atoms with E-state index in [9.17, 15) is 128 Å². The number of aliphatic hydroxyl groups is 23. The molecule has 0 spiro atoms. The van der Waals surface area contributed by atoms with E-state index in [4.69, 9.17) is 80.4 Å². The summed E-state index contributed by atoms with van der Waals surface area (Å²) in [6.45, 7) is -7.61. The number of benzene rings is 1. The fourth-order valence-corrected chi connectivity index (χ4v) is 13.9. The van der Waals surface area contributed by atoms with Crippen LogP contribution in [0, 0.1) is 10.1 Å². The highest BCUT2D eigenvalue weighted by molar-refractivity contribution is 5.93. The zero-order valence-electron chi connectivity index (χ0n) is 55.1. The van der Waals surface area contributed by atoms with Crippen molar-refractivity contribution in [1.29, 1.82) is 0 Å². The molecular weight excluding hydrogens is 1440 g/mol. The van der Waals surface area contributed by atoms with Gasteiger partial charge in [0, 0.05) is 19.2 Å². The van der Waals surface area contributed by atoms with Crippen LogP contribution < -0.4 is 10.6 Å². The maximum atomic E-state index is 12.0. The smallest absolute Gasteiger partial charge is 0.300 e. The van der Waals surface area contributed by atoms with Gasteiger partial charge < -0.3 is 204 Å². The molecule has 30 aliphatic heterocycles. The van der Waals surface area contributed by atoms with Crippen molar-refractivity contribution in [3.63, 3.8) is 0 Å². The minimum absolute atomic E-state index is 0.0929. The van der Waals surface area contributed by atoms with Gasteiger partial charge in [-0.1, -0.05) is 0 Å². The molecule has 40 atom stereocenters. The van der Waals surface area contributed by atoms with Gasteiger partial charge in [-0.15, -0.1) is 0 Å². The highest BCUT2D eigenvalue weighted by Gasteiger charge is 2.60. The van der Waals surface area contributed by atoms with Gasteiger partial charge in [0.15, 0.2) is 55.8 Å². The van der Waals surface area contributed by atoms with Gasteiger partial charge in [-0.05, 0) is 35.8 Å². The molecule has 0 amide bonds. The maximum absolute atomic E-state index is 12.0. The molecule has 47 heteroatoms. The standard InChI is InChI=1S/C58H91N5O42/c64-8-18-44-29(73)37(81)53(91-18)100-46-20(10-66)93-55(39(83)31(46)75)102-48-22(12-68)95-57(41(85)33(48)77)104-50-24(14-70)96-58(42(86)34(50)78)103-49-23(13-69)94-56(40(84)32(49)76)101-47-21(11-67)92-54(38(82)30(47)74)99-45-19(9-65)90-52(36(80)28(45)72)97-43-17(89-51(98-44)35(79)27(43)71)7-59-5-1-2-6-60-15-3-4-16(63(87)88)26-25(15)61-105-62-26/h3-4,17-24,27-60,64-86H,1-2,5-14H2/t17-,18+,19+,20+,21-,22+,23-,24+,27+,28+,29+,30+,31+,32+,33+,34+,35+,36+,37+,38+,39+,40+,41+,42+,43+,44+,45+,46+,47+,48+,49+,50+,51+,52+,53+,54+,55+,56+,57+,58+/m0/s1. The Balaban J connectivity index is 0.843. The maximum Gasteiger partial charge on any atom is 0.300 e. The van der Waals surface area contributed by atoms with Crippen molar-refractivity contribution in [3.05, 3.63) is 22.2 Å². The van der Waals surface area contributed by atoms with Crippen LogP contribution in [-0.2, 0) is 75.8 Å². The molecule has 16 bridgehead atoms. The van der Waals surface area contributed by atoms with Crippen molar-refractivity contribution < 1.29 is 203 Å². The van der Waals surface area contributed by atoms with Gasteiger partial charge in [0.25, 0.3) is 0 Å². The third-order valence-electron chi connectivity index (χ3n) is 19.7. The van der Waals surface area contributed by atoms with Gasteiger partial charge >= 0.3 is 5.69 Å². The predicted molar refractivity (Wildman–Crippen MR) is 323 cm³/mol. The van der Waals surface area contributed by atoms with Gasteiger partial charge in [-0.25, -0.2) is 4.63 Å². The lowest BCUT2D eigenvalue weighted by molar-refractivity contribution is -0.403. The summed E-state index contributed by atoms with van der Waals surface area (Å²) in [5.74, 6) is 0. The first-order valence-electron chi connectivity index (χ1n) is 33.7. The largest absolute Gasteiger partial charge is 0.394 e. The first-order valence-corrected chi connectivity index (χ1v) is 33.7. The van der Waals surface area contributed by atoms with E-state index < -0.39 is 297 Å². The number of nitrogens with zero attached hydrogens (tertiary/aromatic N) is 3. The third-order valence-corrected chi connectivity index (χ3v) is 19.7. The lowest BCUT2D eigenvalue weighted by Crippen LogP contribution is -2.69. The monoisotopic (exact) mass is 1530 g/mol. The molecule has 0 radical (unpaired) electrons. The molecule has 105 heavy (non-hydrogen) atoms. The van der Waals surface area contributed by atoms with Crippen LogP contribution in [0.2, 0.25) is 0 Å². The molecule has 32 rings (SSSR count). The lowest BCUT2D eigenvalue weighted by Gasteiger charge is -2.50. The van der Waals surface area contributed by atoms with Gasteiger partial charge in [0.1, 0.15) is 195 Å². The van der Waals surface area contributed by atoms with Gasteiger partial charge in [0.2, 0.25) is 5.52 Å². The van der Waals surface area contributed by atoms with E-state index in [1.807, 2.05) is 0 Å². The molecule has 47 nitrogen and oxygen atoms in total. The number of nitrogens with one attached hydrogen (secondary N) is 2. The van der Waals surface area contributed by atoms with Crippen LogP contribution in [0.25, 0.3) is 11.0 Å². The number of aromatic nitrogens is 2. The molecule has 30 saturated heterocycles. The number of nitro groups is 1. The summed E-state index contributed by atoms with van der Waals surface area (Å²) in [6.07, 6.45) is -81.6. The first-order chi connectivity index (χ1) is 50.2. The number of non-ortho nitro benzene ring substituents is 1. The summed E-state index contributed by atoms with van der Waals surface area (Å²) in [4.78, 5) is 10.9. The minimum Gasteiger partial charge on any atom is -0.394 e. The van der Waals surface area contributed by atoms with Crippen LogP contribution in [0.5, 0.6) is 0 Å². The number of nitro benzene ring substituents is 1. The Bertz CT molecular complexity index is 3040. The summed E-state index contributed by atoms with van der Waals surface area (Å²) >= 11 is 0. The second-order valence-electron chi connectivity index (χ2n) is 26.5. The number of anilines is 1. The number of fused-ring (bicyclic) bond motifs is 1. The van der Waals surface area contributed by atoms with Gasteiger partial charge in [-0.3, -0.25) is 10.1 Å². The van der Waals surface area contributed by atoms with Crippen LogP contribution in [0.3, 0.4) is 0 Å². The van der Waals surface area contributed by atoms with E-state index in [1.54, 1.807) is 0 Å². The molecule has 0 saturated carbocycles. The molecule has 0 unspecified atom stereocenters. The summed E-state index contributed by atoms with van der Waals surface area (Å²) < 4.78 is 97.9. The highest BCUT2D eigenvalue weighted by atomic mass is 16.8. The normalized spacial score (nSPS) is 48.3. The molecule has 25 N–H and O–H groups in total. The first kappa shape index (κ1) is 82.2. The predicted octanol–water partition coefficient (Wildman–Crippen LogP) is -15.5. The molecular formula is C58H91N5O42. The Morgan fingerprint density at radius 3 is 0.790 bits per heavy atom. The average molecular weight is 1530 g/mol. The molecule has 600 valence electrons. The third kappa shape index (κ3) is 16.9. The quantitative estimate of drug-likeness (QED) is 0.0422. The second kappa shape index (κ2) is 35.7. The molecule has 1 aromatic heterocycles. The van der Waals surface area contributed by atoms with Crippen LogP contribution >= 0.6 is 0 Å². The Kier molecular flexibility index (Phi) is 28.0. The summed E-state index contributed by atoms with van der Waals surface area (Å²) in [7, 11) is 0. The Morgan fingerprint density at radius 1 is 0.314 bits per heavy atom. The van der Waals surface area contributed by atoms with Crippen LogP contribution in [0.1, 0.15) is 12.8 Å². The Labute approximate surface area is 591 Å². The topological polar surface area (TPSA) is 719 Å². The van der Waals surface area contributed by atoms with E-state index >= 15 is 0 Å². The molecule has 0 aliphatic carbocycles. The fraction of sp³-hybridized carbons (Fsp3) is 0.897. The SMILES string of the molecule is O=[N+]([O-])c1ccc(NCCCCNC[C@@H]2O[C@@H]3O[C@H]4[C@H](O)[C@@H](O)[C@@H](O[C@H]5[C@H](O)[C@@H](O)[C@@H](O[C@H]6[C@H](O)[C@@H](O)[C@@H](O[C@H]7[C@H](O)[C@@H](O)[C@@H](O[C@H]8[C@H](O)[C@@H](O)[C@@H](O[C@H]9[C@H](O)[C@@H](O)[C@@H](O[C@H]%10[C@H](O)[C@@H](O)[C@@H](O[C@H]2[C@H](O)[C@H]3O)O[C@@H]%10CO)O[C@H]9CO)O[C@H]8CO)O[C@@H]7CO)O[C@@H]6CO)O[C@@H]5CO)O[C@@H]4CO)c2nonc12. The zero-order valence-corrected chi connectivity index (χ0v) is 55.1. The molecule has 31 heterocycles. The number of hydrogen-bond donors (Lipinski definition) is 25. The van der Waals surface area contributed by atoms with Crippen molar-refractivity contribution in [2.45, 2.75) is 258 Å². The van der Waals surface area contributed by atoms with Crippen LogP contribution in [-0.4, -0.2) is 444 Å². The lowest BCUT2D eigenvalue weighted by atomic mass is 9.94. The summed E-state index contributed by atoms with van der Waals surface area (Å²) in [6, 6.07) is 2.63. The number of unbranched alkanes of at least 4 members (excludes halogenated alkanes) is 1. The summed E-state index contributed by atoms with van der Waals surface area (Å²) in [5, 5.41) is 284. The molecule has 1 aromatic carbocycles. The summed E-state index contributed by atoms with van der Waals surface area (Å²) in [5.41, 5.74) is 0.0198. The van der Waals surface area contributed by atoms with E-state index in [1.165, 1.54) is 12.1 Å².